The zero-order valence-electron chi connectivity index (χ0n) is 11.8. The van der Waals surface area contributed by atoms with Crippen molar-refractivity contribution in [3.8, 4) is 11.4 Å². The van der Waals surface area contributed by atoms with Gasteiger partial charge in [0.15, 0.2) is 5.13 Å². The molecule has 0 aliphatic rings. The van der Waals surface area contributed by atoms with Crippen molar-refractivity contribution in [1.82, 2.24) is 25.6 Å². The first-order chi connectivity index (χ1) is 11.2. The fraction of sp³-hybridized carbons (Fsp3) is 0.0714. The van der Waals surface area contributed by atoms with Gasteiger partial charge in [0.2, 0.25) is 5.82 Å². The van der Waals surface area contributed by atoms with Crippen LogP contribution in [-0.4, -0.2) is 32.3 Å². The first-order valence-electron chi connectivity index (χ1n) is 6.61. The Bertz CT molecular complexity index is 829. The second kappa shape index (κ2) is 6.88. The van der Waals surface area contributed by atoms with Gasteiger partial charge in [-0.05, 0) is 17.3 Å². The minimum atomic E-state index is -0.407. The van der Waals surface area contributed by atoms with Crippen molar-refractivity contribution in [3.05, 3.63) is 52.5 Å². The number of benzene rings is 1. The molecule has 0 saturated carbocycles. The number of amides is 1. The summed E-state index contributed by atoms with van der Waals surface area (Å²) >= 11 is 0.937. The molecule has 0 fully saturated rings. The summed E-state index contributed by atoms with van der Waals surface area (Å²) in [6, 6.07) is 12.2. The van der Waals surface area contributed by atoms with Gasteiger partial charge in [0.1, 0.15) is 6.54 Å². The number of carbonyl (C=O) groups excluding carboxylic acids is 1. The third-order valence-corrected chi connectivity index (χ3v) is 3.55. The summed E-state index contributed by atoms with van der Waals surface area (Å²) in [5.41, 5.74) is 3.14. The summed E-state index contributed by atoms with van der Waals surface area (Å²) in [4.78, 5) is 13.5. The number of aromatic nitrogens is 4. The number of thiophene rings is 1. The van der Waals surface area contributed by atoms with Crippen LogP contribution in [0, 0.1) is 5.13 Å². The molecule has 2 aromatic heterocycles. The Hall–Kier alpha value is -2.94. The third kappa shape index (κ3) is 4.04. The fourth-order valence-corrected chi connectivity index (χ4v) is 2.35. The Labute approximate surface area is 134 Å². The van der Waals surface area contributed by atoms with E-state index in [4.69, 9.17) is 0 Å². The van der Waals surface area contributed by atoms with Crippen molar-refractivity contribution in [3.63, 3.8) is 0 Å². The zero-order chi connectivity index (χ0) is 16.1. The van der Waals surface area contributed by atoms with E-state index in [1.165, 1.54) is 17.1 Å². The van der Waals surface area contributed by atoms with Gasteiger partial charge in [0.25, 0.3) is 5.91 Å². The monoisotopic (exact) mass is 330 g/mol. The predicted octanol–water partition coefficient (Wildman–Crippen LogP) is 1.69. The van der Waals surface area contributed by atoms with Crippen molar-refractivity contribution in [2.75, 3.05) is 0 Å². The molecular formula is C14H11FN6OS. The molecule has 3 rings (SSSR count). The van der Waals surface area contributed by atoms with Crippen molar-refractivity contribution in [2.45, 2.75) is 6.54 Å². The summed E-state index contributed by atoms with van der Waals surface area (Å²) in [5.74, 6) is 0.0336. The van der Waals surface area contributed by atoms with Crippen LogP contribution in [-0.2, 0) is 11.3 Å². The molecule has 1 amide bonds. The molecule has 0 spiro atoms. The molecule has 0 radical (unpaired) electrons. The highest BCUT2D eigenvalue weighted by Gasteiger charge is 2.08. The third-order valence-electron chi connectivity index (χ3n) is 2.74. The highest BCUT2D eigenvalue weighted by molar-refractivity contribution is 7.12. The quantitative estimate of drug-likeness (QED) is 0.570. The van der Waals surface area contributed by atoms with E-state index in [9.17, 15) is 9.18 Å². The smallest absolute Gasteiger partial charge is 0.263 e. The molecule has 1 N–H and O–H groups in total. The largest absolute Gasteiger partial charge is 0.271 e. The Kier molecular flexibility index (Phi) is 4.48. The molecule has 23 heavy (non-hydrogen) atoms. The lowest BCUT2D eigenvalue weighted by molar-refractivity contribution is -0.122. The molecule has 0 atom stereocenters. The van der Waals surface area contributed by atoms with Crippen LogP contribution in [0.15, 0.2) is 47.6 Å². The molecule has 0 bridgehead atoms. The van der Waals surface area contributed by atoms with Crippen molar-refractivity contribution < 1.29 is 9.18 Å². The average Bonchev–Trinajstić information content (AvgIpc) is 3.17. The Morgan fingerprint density at radius 1 is 1.30 bits per heavy atom. The number of nitrogens with one attached hydrogen (secondary N) is 1. The van der Waals surface area contributed by atoms with Crippen LogP contribution in [0.4, 0.5) is 4.39 Å². The maximum Gasteiger partial charge on any atom is 0.263 e. The number of hydrogen-bond donors (Lipinski definition) is 1. The number of rotatable bonds is 5. The molecule has 7 nitrogen and oxygen atoms in total. The SMILES string of the molecule is O=C(Cn1nnc(-c2ccccc2)n1)N/N=C\c1ccc(F)s1. The van der Waals surface area contributed by atoms with Crippen molar-refractivity contribution in [2.24, 2.45) is 5.10 Å². The first kappa shape index (κ1) is 15.0. The first-order valence-corrected chi connectivity index (χ1v) is 7.43. The van der Waals surface area contributed by atoms with Gasteiger partial charge in [0.05, 0.1) is 11.1 Å². The standard InChI is InChI=1S/C14H11FN6OS/c15-12-7-6-11(23-12)8-16-17-13(22)9-21-19-14(18-20-21)10-4-2-1-3-5-10/h1-8H,9H2,(H,17,22)/b16-8-. The van der Waals surface area contributed by atoms with E-state index < -0.39 is 5.91 Å². The van der Waals surface area contributed by atoms with E-state index in [-0.39, 0.29) is 11.7 Å². The van der Waals surface area contributed by atoms with Gasteiger partial charge in [0, 0.05) is 5.56 Å². The average molecular weight is 330 g/mol. The van der Waals surface area contributed by atoms with Crippen LogP contribution in [0.3, 0.4) is 0 Å². The molecule has 1 aromatic carbocycles. The second-order valence-corrected chi connectivity index (χ2v) is 5.51. The van der Waals surface area contributed by atoms with E-state index in [0.29, 0.717) is 10.7 Å². The van der Waals surface area contributed by atoms with E-state index in [2.05, 4.69) is 25.9 Å². The lowest BCUT2D eigenvalue weighted by atomic mass is 10.2. The number of nitrogens with zero attached hydrogens (tertiary/aromatic N) is 5. The van der Waals surface area contributed by atoms with Crippen molar-refractivity contribution in [1.29, 1.82) is 0 Å². The summed E-state index contributed by atoms with van der Waals surface area (Å²) in [6.45, 7) is -0.115. The summed E-state index contributed by atoms with van der Waals surface area (Å²) in [6.07, 6.45) is 1.37. The molecule has 2 heterocycles. The van der Waals surface area contributed by atoms with Crippen LogP contribution in [0.5, 0.6) is 0 Å². The molecule has 0 saturated heterocycles. The second-order valence-electron chi connectivity index (χ2n) is 4.44. The summed E-state index contributed by atoms with van der Waals surface area (Å²) < 4.78 is 12.8. The Balaban J connectivity index is 1.56. The normalized spacial score (nSPS) is 11.0. The van der Waals surface area contributed by atoms with Crippen LogP contribution in [0.25, 0.3) is 11.4 Å². The summed E-state index contributed by atoms with van der Waals surface area (Å²) in [5, 5.41) is 15.3. The minimum Gasteiger partial charge on any atom is -0.271 e. The lowest BCUT2D eigenvalue weighted by Crippen LogP contribution is -2.24. The van der Waals surface area contributed by atoms with Gasteiger partial charge in [-0.2, -0.15) is 14.3 Å². The minimum absolute atomic E-state index is 0.115. The molecule has 0 unspecified atom stereocenters. The number of carbonyl (C=O) groups is 1. The highest BCUT2D eigenvalue weighted by atomic mass is 32.1. The van der Waals surface area contributed by atoms with Crippen LogP contribution < -0.4 is 5.43 Å². The van der Waals surface area contributed by atoms with E-state index in [0.717, 1.165) is 16.9 Å². The van der Waals surface area contributed by atoms with Crippen LogP contribution in [0.2, 0.25) is 0 Å². The molecule has 3 aromatic rings. The fourth-order valence-electron chi connectivity index (χ4n) is 1.74. The Morgan fingerprint density at radius 3 is 2.87 bits per heavy atom. The maximum absolute atomic E-state index is 12.8. The van der Waals surface area contributed by atoms with Crippen LogP contribution in [0.1, 0.15) is 4.88 Å². The van der Waals surface area contributed by atoms with Crippen LogP contribution >= 0.6 is 11.3 Å². The molecule has 9 heteroatoms. The number of hydrazone groups is 1. The number of tetrazole rings is 1. The zero-order valence-corrected chi connectivity index (χ0v) is 12.6. The predicted molar refractivity (Wildman–Crippen MR) is 83.3 cm³/mol. The number of halogens is 1. The van der Waals surface area contributed by atoms with Crippen molar-refractivity contribution >= 4 is 23.5 Å². The van der Waals surface area contributed by atoms with E-state index >= 15 is 0 Å². The van der Waals surface area contributed by atoms with Gasteiger partial charge in [-0.15, -0.1) is 21.5 Å². The molecule has 0 aliphatic heterocycles. The lowest BCUT2D eigenvalue weighted by Gasteiger charge is -1.97. The Morgan fingerprint density at radius 2 is 2.13 bits per heavy atom. The van der Waals surface area contributed by atoms with Gasteiger partial charge in [-0.25, -0.2) is 5.43 Å². The van der Waals surface area contributed by atoms with E-state index in [1.54, 1.807) is 6.07 Å². The highest BCUT2D eigenvalue weighted by Crippen LogP contribution is 2.12. The van der Waals surface area contributed by atoms with Gasteiger partial charge >= 0.3 is 0 Å². The van der Waals surface area contributed by atoms with Gasteiger partial charge in [-0.1, -0.05) is 30.3 Å². The van der Waals surface area contributed by atoms with Gasteiger partial charge in [-0.3, -0.25) is 4.79 Å². The van der Waals surface area contributed by atoms with Gasteiger partial charge < -0.3 is 0 Å². The molecule has 0 aliphatic carbocycles. The maximum atomic E-state index is 12.8. The topological polar surface area (TPSA) is 85.1 Å². The molecular weight excluding hydrogens is 319 g/mol. The molecule has 116 valence electrons. The summed E-state index contributed by atoms with van der Waals surface area (Å²) in [7, 11) is 0. The van der Waals surface area contributed by atoms with E-state index in [1.807, 2.05) is 30.3 Å². The number of hydrogen-bond acceptors (Lipinski definition) is 6.